The number of carbonyl (C=O) groups excluding carboxylic acids is 1. The van der Waals surface area contributed by atoms with Gasteiger partial charge in [-0.05, 0) is 59.7 Å². The molecule has 47 heavy (non-hydrogen) atoms. The van der Waals surface area contributed by atoms with E-state index in [2.05, 4.69) is 10.9 Å². The van der Waals surface area contributed by atoms with E-state index < -0.39 is 27.4 Å². The quantitative estimate of drug-likeness (QED) is 0.135. The predicted octanol–water partition coefficient (Wildman–Crippen LogP) is 4.12. The van der Waals surface area contributed by atoms with Crippen LogP contribution in [0.25, 0.3) is 0 Å². The molecule has 0 fully saturated rings. The second kappa shape index (κ2) is 14.2. The van der Waals surface area contributed by atoms with Gasteiger partial charge in [-0.1, -0.05) is 54.6 Å². The van der Waals surface area contributed by atoms with E-state index in [0.717, 1.165) is 5.56 Å². The largest absolute Gasteiger partial charge is 0.494 e. The molecule has 12 heteroatoms. The van der Waals surface area contributed by atoms with Gasteiger partial charge >= 0.3 is 0 Å². The van der Waals surface area contributed by atoms with Crippen LogP contribution < -0.4 is 25.1 Å². The Balaban J connectivity index is 1.32. The van der Waals surface area contributed by atoms with Gasteiger partial charge in [-0.15, -0.1) is 0 Å². The van der Waals surface area contributed by atoms with Gasteiger partial charge in [0.05, 0.1) is 17.3 Å². The van der Waals surface area contributed by atoms with Gasteiger partial charge in [-0.25, -0.2) is 18.8 Å². The van der Waals surface area contributed by atoms with Gasteiger partial charge in [0.25, 0.3) is 5.91 Å². The predicted molar refractivity (Wildman–Crippen MR) is 174 cm³/mol. The smallest absolute Gasteiger partial charge is 0.266 e. The average Bonchev–Trinajstić information content (AvgIpc) is 3.74. The molecule has 0 saturated heterocycles. The Morgan fingerprint density at radius 1 is 0.936 bits per heavy atom. The van der Waals surface area contributed by atoms with E-state index >= 15 is 0 Å². The summed E-state index contributed by atoms with van der Waals surface area (Å²) in [5.41, 5.74) is 6.20. The molecular weight excluding hydrogens is 622 g/mol. The molecule has 6 rings (SSSR count). The summed E-state index contributed by atoms with van der Waals surface area (Å²) in [4.78, 5) is 19.4. The van der Waals surface area contributed by atoms with Crippen molar-refractivity contribution in [2.45, 2.75) is 35.9 Å². The van der Waals surface area contributed by atoms with Crippen LogP contribution in [0.5, 0.6) is 17.2 Å². The Labute approximate surface area is 273 Å². The summed E-state index contributed by atoms with van der Waals surface area (Å²) in [5, 5.41) is 9.05. The maximum atomic E-state index is 14.3. The van der Waals surface area contributed by atoms with Crippen LogP contribution in [0.2, 0.25) is 0 Å². The molecule has 4 aromatic rings. The number of fused-ring (bicyclic) bond motifs is 1. The number of ether oxygens (including phenoxy) is 4. The van der Waals surface area contributed by atoms with Gasteiger partial charge in [0.15, 0.2) is 33.0 Å². The highest BCUT2D eigenvalue weighted by Gasteiger charge is 2.53. The first kappa shape index (κ1) is 32.0. The fourth-order valence-corrected chi connectivity index (χ4v) is 6.81. The van der Waals surface area contributed by atoms with Crippen molar-refractivity contribution in [2.75, 3.05) is 25.8 Å². The molecule has 4 aromatic carbocycles. The molecule has 2 aliphatic rings. The first-order valence-electron chi connectivity index (χ1n) is 15.2. The average molecular weight is 658 g/mol. The SMILES string of the molecule is O=C(NNCc1ccc2c(c1)OCO2)[C@@]1(CCS(=O)(=O)c2ccccc2)N=C(c2ccc(OCCCO)cc2)O[C@H]1c1ccccc1. The van der Waals surface area contributed by atoms with Crippen molar-refractivity contribution < 1.29 is 37.3 Å². The number of nitrogens with zero attached hydrogens (tertiary/aromatic N) is 1. The molecule has 244 valence electrons. The summed E-state index contributed by atoms with van der Waals surface area (Å²) in [6.07, 6.45) is -0.590. The molecule has 0 unspecified atom stereocenters. The fraction of sp³-hybridized carbons (Fsp3) is 0.257. The molecule has 3 N–H and O–H groups in total. The van der Waals surface area contributed by atoms with Crippen molar-refractivity contribution >= 4 is 21.6 Å². The standard InChI is InChI=1S/C35H35N3O8S/c39-19-7-20-43-28-15-13-27(14-16-28)33-37-35(32(46-33)26-8-3-1-4-9-26,18-21-47(41,42)29-10-5-2-6-11-29)34(40)38-36-23-25-12-17-30-31(22-25)45-24-44-30/h1-6,8-17,22,32,36,39H,7,18-21,23-24H2,(H,38,40)/t32-,35-/m0/s1. The van der Waals surface area contributed by atoms with E-state index in [1.807, 2.05) is 42.5 Å². The lowest BCUT2D eigenvalue weighted by Gasteiger charge is -2.30. The number of benzene rings is 4. The summed E-state index contributed by atoms with van der Waals surface area (Å²) in [6, 6.07) is 29.8. The number of rotatable bonds is 14. The van der Waals surface area contributed by atoms with Crippen LogP contribution in [-0.4, -0.2) is 56.6 Å². The minimum absolute atomic E-state index is 0.0271. The zero-order valence-corrected chi connectivity index (χ0v) is 26.3. The monoisotopic (exact) mass is 657 g/mol. The summed E-state index contributed by atoms with van der Waals surface area (Å²) in [5.74, 6) is 1.17. The van der Waals surface area contributed by atoms with Crippen molar-refractivity contribution in [3.63, 3.8) is 0 Å². The lowest BCUT2D eigenvalue weighted by molar-refractivity contribution is -0.130. The van der Waals surface area contributed by atoms with Crippen molar-refractivity contribution in [1.29, 1.82) is 0 Å². The van der Waals surface area contributed by atoms with Gasteiger partial charge in [0.1, 0.15) is 5.75 Å². The minimum Gasteiger partial charge on any atom is -0.494 e. The van der Waals surface area contributed by atoms with Crippen molar-refractivity contribution in [1.82, 2.24) is 10.9 Å². The number of sulfone groups is 1. The number of amides is 1. The first-order valence-corrected chi connectivity index (χ1v) is 16.9. The molecule has 2 atom stereocenters. The molecular formula is C35H35N3O8S. The van der Waals surface area contributed by atoms with Crippen LogP contribution in [0.3, 0.4) is 0 Å². The second-order valence-electron chi connectivity index (χ2n) is 11.1. The topological polar surface area (TPSA) is 145 Å². The summed E-state index contributed by atoms with van der Waals surface area (Å²) >= 11 is 0. The number of aliphatic hydroxyl groups excluding tert-OH is 1. The van der Waals surface area contributed by atoms with Crippen LogP contribution in [0.15, 0.2) is 113 Å². The van der Waals surface area contributed by atoms with Gasteiger partial charge in [0.2, 0.25) is 12.7 Å². The van der Waals surface area contributed by atoms with Crippen molar-refractivity contribution in [3.05, 3.63) is 120 Å². The molecule has 0 spiro atoms. The lowest BCUT2D eigenvalue weighted by Crippen LogP contribution is -2.53. The van der Waals surface area contributed by atoms with Crippen molar-refractivity contribution in [3.8, 4) is 17.2 Å². The van der Waals surface area contributed by atoms with Crippen LogP contribution in [-0.2, 0) is 25.9 Å². The van der Waals surface area contributed by atoms with E-state index in [1.165, 1.54) is 12.1 Å². The number of hydrazine groups is 1. The molecule has 0 bridgehead atoms. The highest BCUT2D eigenvalue weighted by atomic mass is 32.2. The Hall–Kier alpha value is -4.91. The second-order valence-corrected chi connectivity index (χ2v) is 13.2. The van der Waals surface area contributed by atoms with E-state index in [4.69, 9.17) is 29.0 Å². The molecule has 11 nitrogen and oxygen atoms in total. The van der Waals surface area contributed by atoms with Crippen LogP contribution in [0, 0.1) is 0 Å². The number of hydrogen-bond donors (Lipinski definition) is 3. The number of carbonyl (C=O) groups is 1. The van der Waals surface area contributed by atoms with Crippen LogP contribution in [0.1, 0.15) is 35.6 Å². The van der Waals surface area contributed by atoms with E-state index in [9.17, 15) is 13.2 Å². The highest BCUT2D eigenvalue weighted by Crippen LogP contribution is 2.43. The van der Waals surface area contributed by atoms with Crippen molar-refractivity contribution in [2.24, 2.45) is 4.99 Å². The molecule has 0 aromatic heterocycles. The van der Waals surface area contributed by atoms with E-state index in [-0.39, 0.29) is 42.9 Å². The Bertz CT molecular complexity index is 1820. The van der Waals surface area contributed by atoms with Gasteiger partial charge in [0, 0.05) is 31.6 Å². The zero-order chi connectivity index (χ0) is 32.7. The third-order valence-electron chi connectivity index (χ3n) is 7.92. The number of aliphatic imine (C=N–C) groups is 1. The molecule has 0 saturated carbocycles. The molecule has 2 aliphatic heterocycles. The first-order chi connectivity index (χ1) is 22.9. The summed E-state index contributed by atoms with van der Waals surface area (Å²) in [6.45, 7) is 0.797. The molecule has 0 aliphatic carbocycles. The fourth-order valence-electron chi connectivity index (χ4n) is 5.42. The van der Waals surface area contributed by atoms with Gasteiger partial charge < -0.3 is 24.1 Å². The maximum absolute atomic E-state index is 14.3. The number of aliphatic hydroxyl groups is 1. The molecule has 0 radical (unpaired) electrons. The third-order valence-corrected chi connectivity index (χ3v) is 9.65. The minimum atomic E-state index is -3.78. The Morgan fingerprint density at radius 3 is 2.40 bits per heavy atom. The number of nitrogens with one attached hydrogen (secondary N) is 2. The Kier molecular flexibility index (Phi) is 9.71. The van der Waals surface area contributed by atoms with Crippen LogP contribution in [0.4, 0.5) is 0 Å². The normalized spacial score (nSPS) is 18.3. The maximum Gasteiger partial charge on any atom is 0.266 e. The third kappa shape index (κ3) is 7.25. The Morgan fingerprint density at radius 2 is 1.66 bits per heavy atom. The van der Waals surface area contributed by atoms with Gasteiger partial charge in [-0.3, -0.25) is 10.2 Å². The number of hydrogen-bond acceptors (Lipinski definition) is 10. The zero-order valence-electron chi connectivity index (χ0n) is 25.5. The lowest BCUT2D eigenvalue weighted by atomic mass is 9.85. The highest BCUT2D eigenvalue weighted by molar-refractivity contribution is 7.91. The summed E-state index contributed by atoms with van der Waals surface area (Å²) in [7, 11) is -3.78. The summed E-state index contributed by atoms with van der Waals surface area (Å²) < 4.78 is 50.0. The molecule has 2 heterocycles. The van der Waals surface area contributed by atoms with Crippen LogP contribution >= 0.6 is 0 Å². The van der Waals surface area contributed by atoms with E-state index in [0.29, 0.717) is 41.4 Å². The molecule has 1 amide bonds. The van der Waals surface area contributed by atoms with Gasteiger partial charge in [-0.2, -0.15) is 0 Å². The van der Waals surface area contributed by atoms with E-state index in [1.54, 1.807) is 48.5 Å².